The fraction of sp³-hybridized carbons (Fsp3) is 1.00. The first-order valence-electron chi connectivity index (χ1n) is 6.11. The van der Waals surface area contributed by atoms with Crippen molar-refractivity contribution in [3.05, 3.63) is 0 Å². The number of ether oxygens (including phenoxy) is 1. The Balaban J connectivity index is 1.92. The predicted molar refractivity (Wildman–Crippen MR) is 64.2 cm³/mol. The van der Waals surface area contributed by atoms with Crippen LogP contribution < -0.4 is 10.6 Å². The Labute approximate surface area is 94.0 Å². The highest BCUT2D eigenvalue weighted by Gasteiger charge is 2.13. The van der Waals surface area contributed by atoms with Crippen molar-refractivity contribution in [2.75, 3.05) is 32.8 Å². The van der Waals surface area contributed by atoms with E-state index in [0.717, 1.165) is 38.8 Å². The first-order chi connectivity index (χ1) is 7.08. The van der Waals surface area contributed by atoms with Crippen LogP contribution in [0.4, 0.5) is 0 Å². The van der Waals surface area contributed by atoms with Crippen molar-refractivity contribution in [2.45, 2.75) is 39.2 Å². The lowest BCUT2D eigenvalue weighted by molar-refractivity contribution is 0.0664. The monoisotopic (exact) mass is 214 g/mol. The second-order valence-corrected chi connectivity index (χ2v) is 5.44. The minimum atomic E-state index is 0.236. The zero-order valence-electron chi connectivity index (χ0n) is 10.4. The van der Waals surface area contributed by atoms with Gasteiger partial charge in [0.05, 0.1) is 0 Å². The van der Waals surface area contributed by atoms with Crippen LogP contribution in [0.15, 0.2) is 0 Å². The predicted octanol–water partition coefficient (Wildman–Crippen LogP) is 1.39. The average Bonchev–Trinajstić information content (AvgIpc) is 2.17. The highest BCUT2D eigenvalue weighted by molar-refractivity contribution is 4.71. The van der Waals surface area contributed by atoms with Gasteiger partial charge in [-0.3, -0.25) is 0 Å². The molecule has 0 bridgehead atoms. The topological polar surface area (TPSA) is 33.3 Å². The molecular weight excluding hydrogens is 188 g/mol. The Morgan fingerprint density at radius 2 is 1.80 bits per heavy atom. The lowest BCUT2D eigenvalue weighted by atomic mass is 10.0. The molecule has 1 aliphatic heterocycles. The molecule has 3 heteroatoms. The number of rotatable bonds is 5. The molecule has 0 aromatic heterocycles. The van der Waals surface area contributed by atoms with Crippen LogP contribution in [0.3, 0.4) is 0 Å². The van der Waals surface area contributed by atoms with E-state index in [0.29, 0.717) is 0 Å². The van der Waals surface area contributed by atoms with Crippen LogP contribution in [0.1, 0.15) is 33.6 Å². The van der Waals surface area contributed by atoms with Crippen LogP contribution in [0, 0.1) is 5.92 Å². The van der Waals surface area contributed by atoms with Gasteiger partial charge in [-0.2, -0.15) is 0 Å². The maximum absolute atomic E-state index is 5.33. The maximum Gasteiger partial charge on any atom is 0.0469 e. The third kappa shape index (κ3) is 6.88. The highest BCUT2D eigenvalue weighted by atomic mass is 16.5. The van der Waals surface area contributed by atoms with Crippen molar-refractivity contribution in [3.63, 3.8) is 0 Å². The summed E-state index contributed by atoms with van der Waals surface area (Å²) in [5.41, 5.74) is 0.236. The smallest absolute Gasteiger partial charge is 0.0469 e. The van der Waals surface area contributed by atoms with E-state index in [1.807, 2.05) is 0 Å². The van der Waals surface area contributed by atoms with Gasteiger partial charge in [-0.15, -0.1) is 0 Å². The van der Waals surface area contributed by atoms with Gasteiger partial charge < -0.3 is 15.4 Å². The fourth-order valence-electron chi connectivity index (χ4n) is 1.78. The van der Waals surface area contributed by atoms with Crippen molar-refractivity contribution in [3.8, 4) is 0 Å². The standard InChI is InChI=1S/C12H26N2O/c1-12(2,3)14-7-6-13-10-11-4-8-15-9-5-11/h11,13-14H,4-10H2,1-3H3. The van der Waals surface area contributed by atoms with E-state index in [1.165, 1.54) is 12.8 Å². The summed E-state index contributed by atoms with van der Waals surface area (Å²) in [6, 6.07) is 0. The molecule has 0 atom stereocenters. The average molecular weight is 214 g/mol. The number of hydrogen-bond acceptors (Lipinski definition) is 3. The summed E-state index contributed by atoms with van der Waals surface area (Å²) in [5.74, 6) is 0.827. The summed E-state index contributed by atoms with van der Waals surface area (Å²) < 4.78 is 5.33. The molecule has 0 unspecified atom stereocenters. The summed E-state index contributed by atoms with van der Waals surface area (Å²) in [7, 11) is 0. The first-order valence-corrected chi connectivity index (χ1v) is 6.11. The Morgan fingerprint density at radius 3 is 2.40 bits per heavy atom. The van der Waals surface area contributed by atoms with Crippen molar-refractivity contribution < 1.29 is 4.74 Å². The molecule has 90 valence electrons. The van der Waals surface area contributed by atoms with Crippen LogP contribution >= 0.6 is 0 Å². The Bertz CT molecular complexity index is 159. The molecule has 1 saturated heterocycles. The van der Waals surface area contributed by atoms with Gasteiger partial charge in [0.15, 0.2) is 0 Å². The van der Waals surface area contributed by atoms with Crippen molar-refractivity contribution in [2.24, 2.45) is 5.92 Å². The molecule has 0 radical (unpaired) electrons. The lowest BCUT2D eigenvalue weighted by Crippen LogP contribution is -2.41. The van der Waals surface area contributed by atoms with Gasteiger partial charge in [-0.05, 0) is 46.1 Å². The zero-order chi connectivity index (χ0) is 11.1. The largest absolute Gasteiger partial charge is 0.381 e. The lowest BCUT2D eigenvalue weighted by Gasteiger charge is -2.23. The Hall–Kier alpha value is -0.120. The van der Waals surface area contributed by atoms with Crippen molar-refractivity contribution in [1.82, 2.24) is 10.6 Å². The Kier molecular flexibility index (Phi) is 5.58. The van der Waals surface area contributed by atoms with E-state index in [2.05, 4.69) is 31.4 Å². The number of hydrogen-bond donors (Lipinski definition) is 2. The molecule has 15 heavy (non-hydrogen) atoms. The van der Waals surface area contributed by atoms with Crippen LogP contribution in [0.25, 0.3) is 0 Å². The number of nitrogens with one attached hydrogen (secondary N) is 2. The van der Waals surface area contributed by atoms with Crippen LogP contribution in [-0.4, -0.2) is 38.4 Å². The summed E-state index contributed by atoms with van der Waals surface area (Å²) in [5, 5.41) is 6.98. The van der Waals surface area contributed by atoms with Crippen LogP contribution in [0.2, 0.25) is 0 Å². The van der Waals surface area contributed by atoms with E-state index in [4.69, 9.17) is 4.74 Å². The van der Waals surface area contributed by atoms with E-state index < -0.39 is 0 Å². The molecule has 1 rings (SSSR count). The molecule has 3 nitrogen and oxygen atoms in total. The highest BCUT2D eigenvalue weighted by Crippen LogP contribution is 2.12. The SMILES string of the molecule is CC(C)(C)NCCNCC1CCOCC1. The summed E-state index contributed by atoms with van der Waals surface area (Å²) in [6.07, 6.45) is 2.44. The molecule has 0 aromatic rings. The van der Waals surface area contributed by atoms with Gasteiger partial charge in [0.25, 0.3) is 0 Å². The molecule has 1 aliphatic rings. The second kappa shape index (κ2) is 6.46. The second-order valence-electron chi connectivity index (χ2n) is 5.44. The quantitative estimate of drug-likeness (QED) is 0.679. The molecular formula is C12H26N2O. The maximum atomic E-state index is 5.33. The Morgan fingerprint density at radius 1 is 1.13 bits per heavy atom. The van der Waals surface area contributed by atoms with Crippen molar-refractivity contribution in [1.29, 1.82) is 0 Å². The molecule has 0 amide bonds. The summed E-state index contributed by atoms with van der Waals surface area (Å²) >= 11 is 0. The minimum absolute atomic E-state index is 0.236. The molecule has 1 heterocycles. The van der Waals surface area contributed by atoms with Gasteiger partial charge in [-0.1, -0.05) is 0 Å². The fourth-order valence-corrected chi connectivity index (χ4v) is 1.78. The third-order valence-corrected chi connectivity index (χ3v) is 2.73. The normalized spacial score (nSPS) is 19.4. The van der Waals surface area contributed by atoms with Gasteiger partial charge in [0.1, 0.15) is 0 Å². The summed E-state index contributed by atoms with van der Waals surface area (Å²) in [6.45, 7) is 11.8. The molecule has 0 aliphatic carbocycles. The molecule has 1 fully saturated rings. The molecule has 0 aromatic carbocycles. The van der Waals surface area contributed by atoms with Gasteiger partial charge >= 0.3 is 0 Å². The summed E-state index contributed by atoms with van der Waals surface area (Å²) in [4.78, 5) is 0. The van der Waals surface area contributed by atoms with E-state index in [1.54, 1.807) is 0 Å². The molecule has 2 N–H and O–H groups in total. The van der Waals surface area contributed by atoms with Gasteiger partial charge in [-0.25, -0.2) is 0 Å². The zero-order valence-corrected chi connectivity index (χ0v) is 10.4. The molecule has 0 saturated carbocycles. The van der Waals surface area contributed by atoms with E-state index >= 15 is 0 Å². The van der Waals surface area contributed by atoms with Crippen LogP contribution in [0.5, 0.6) is 0 Å². The van der Waals surface area contributed by atoms with Gasteiger partial charge in [0, 0.05) is 31.8 Å². The molecule has 0 spiro atoms. The van der Waals surface area contributed by atoms with Gasteiger partial charge in [0.2, 0.25) is 0 Å². The van der Waals surface area contributed by atoms with E-state index in [-0.39, 0.29) is 5.54 Å². The van der Waals surface area contributed by atoms with E-state index in [9.17, 15) is 0 Å². The first kappa shape index (κ1) is 12.9. The van der Waals surface area contributed by atoms with Crippen LogP contribution in [-0.2, 0) is 4.74 Å². The minimum Gasteiger partial charge on any atom is -0.381 e. The van der Waals surface area contributed by atoms with Crippen molar-refractivity contribution >= 4 is 0 Å². The third-order valence-electron chi connectivity index (χ3n) is 2.73.